The smallest absolute Gasteiger partial charge is 0.227 e. The van der Waals surface area contributed by atoms with E-state index in [-0.39, 0.29) is 11.7 Å². The van der Waals surface area contributed by atoms with Crippen LogP contribution in [0.2, 0.25) is 5.02 Å². The summed E-state index contributed by atoms with van der Waals surface area (Å²) in [7, 11) is 0. The predicted molar refractivity (Wildman–Crippen MR) is 113 cm³/mol. The molecule has 1 saturated heterocycles. The van der Waals surface area contributed by atoms with Crippen molar-refractivity contribution in [2.45, 2.75) is 12.8 Å². The van der Waals surface area contributed by atoms with E-state index in [1.54, 1.807) is 12.1 Å². The third kappa shape index (κ3) is 5.10. The number of hydrogen-bond acceptors (Lipinski definition) is 5. The van der Waals surface area contributed by atoms with Gasteiger partial charge in [0.1, 0.15) is 11.6 Å². The SMILES string of the molecule is O=C(Cc1ccc(F)cc1)N1CCN(c2nc(Cc3ccc(Cl)cc3)ns2)CC1. The van der Waals surface area contributed by atoms with Crippen molar-refractivity contribution in [1.82, 2.24) is 14.3 Å². The Morgan fingerprint density at radius 1 is 1.00 bits per heavy atom. The van der Waals surface area contributed by atoms with Crippen LogP contribution in [0.5, 0.6) is 0 Å². The van der Waals surface area contributed by atoms with Gasteiger partial charge in [0, 0.05) is 49.2 Å². The Kier molecular flexibility index (Phi) is 6.06. The molecule has 0 unspecified atom stereocenters. The van der Waals surface area contributed by atoms with Crippen molar-refractivity contribution in [3.05, 3.63) is 76.3 Å². The monoisotopic (exact) mass is 430 g/mol. The Hall–Kier alpha value is -2.51. The normalized spacial score (nSPS) is 14.3. The second-order valence-electron chi connectivity index (χ2n) is 6.97. The maximum atomic E-state index is 13.0. The average Bonchev–Trinajstić information content (AvgIpc) is 3.20. The van der Waals surface area contributed by atoms with Gasteiger partial charge in [-0.2, -0.15) is 4.37 Å². The highest BCUT2D eigenvalue weighted by molar-refractivity contribution is 7.09. The van der Waals surface area contributed by atoms with E-state index in [9.17, 15) is 9.18 Å². The van der Waals surface area contributed by atoms with E-state index < -0.39 is 0 Å². The third-order valence-corrected chi connectivity index (χ3v) is 5.97. The molecule has 1 aliphatic heterocycles. The number of aromatic nitrogens is 2. The van der Waals surface area contributed by atoms with E-state index in [1.165, 1.54) is 23.7 Å². The van der Waals surface area contributed by atoms with Gasteiger partial charge in [-0.1, -0.05) is 35.9 Å². The van der Waals surface area contributed by atoms with Gasteiger partial charge in [0.25, 0.3) is 0 Å². The molecule has 0 saturated carbocycles. The first-order chi connectivity index (χ1) is 14.1. The fraction of sp³-hybridized carbons (Fsp3) is 0.286. The molecule has 1 fully saturated rings. The minimum Gasteiger partial charge on any atom is -0.343 e. The van der Waals surface area contributed by atoms with E-state index in [0.29, 0.717) is 31.0 Å². The largest absolute Gasteiger partial charge is 0.343 e. The van der Waals surface area contributed by atoms with Crippen LogP contribution in [-0.4, -0.2) is 46.3 Å². The van der Waals surface area contributed by atoms with Gasteiger partial charge < -0.3 is 9.80 Å². The number of nitrogens with zero attached hydrogens (tertiary/aromatic N) is 4. The molecule has 4 rings (SSSR count). The fourth-order valence-corrected chi connectivity index (χ4v) is 4.13. The zero-order chi connectivity index (χ0) is 20.2. The summed E-state index contributed by atoms with van der Waals surface area (Å²) in [6.07, 6.45) is 0.966. The molecule has 150 valence electrons. The van der Waals surface area contributed by atoms with Gasteiger partial charge >= 0.3 is 0 Å². The maximum absolute atomic E-state index is 13.0. The van der Waals surface area contributed by atoms with Crippen molar-refractivity contribution >= 4 is 34.2 Å². The number of benzene rings is 2. The minimum atomic E-state index is -0.290. The van der Waals surface area contributed by atoms with E-state index in [4.69, 9.17) is 11.6 Å². The second-order valence-corrected chi connectivity index (χ2v) is 8.13. The van der Waals surface area contributed by atoms with Crippen LogP contribution in [0.3, 0.4) is 0 Å². The molecule has 0 atom stereocenters. The zero-order valence-corrected chi connectivity index (χ0v) is 17.3. The number of halogens is 2. The number of anilines is 1. The number of rotatable bonds is 5. The fourth-order valence-electron chi connectivity index (χ4n) is 3.27. The van der Waals surface area contributed by atoms with Crippen molar-refractivity contribution in [2.24, 2.45) is 0 Å². The Labute approximate surface area is 177 Å². The number of carbonyl (C=O) groups excluding carboxylic acids is 1. The lowest BCUT2D eigenvalue weighted by atomic mass is 10.1. The lowest BCUT2D eigenvalue weighted by Gasteiger charge is -2.34. The Bertz CT molecular complexity index is 969. The average molecular weight is 431 g/mol. The standard InChI is InChI=1S/C21H20ClFN4OS/c22-17-5-1-15(2-6-17)13-19-24-21(29-25-19)27-11-9-26(10-12-27)20(28)14-16-3-7-18(23)8-4-16/h1-8H,9-14H2. The van der Waals surface area contributed by atoms with Gasteiger partial charge in [-0.15, -0.1) is 0 Å². The van der Waals surface area contributed by atoms with Crippen molar-refractivity contribution in [3.8, 4) is 0 Å². The number of carbonyl (C=O) groups is 1. The maximum Gasteiger partial charge on any atom is 0.227 e. The number of amides is 1. The quantitative estimate of drug-likeness (QED) is 0.617. The third-order valence-electron chi connectivity index (χ3n) is 4.90. The zero-order valence-electron chi connectivity index (χ0n) is 15.7. The van der Waals surface area contributed by atoms with Crippen LogP contribution in [0.1, 0.15) is 17.0 Å². The van der Waals surface area contributed by atoms with E-state index >= 15 is 0 Å². The lowest BCUT2D eigenvalue weighted by molar-refractivity contribution is -0.130. The molecular weight excluding hydrogens is 411 g/mol. The number of hydrogen-bond donors (Lipinski definition) is 0. The van der Waals surface area contributed by atoms with Gasteiger partial charge in [-0.3, -0.25) is 4.79 Å². The van der Waals surface area contributed by atoms with Crippen LogP contribution >= 0.6 is 23.1 Å². The molecule has 0 aliphatic carbocycles. The molecule has 2 aromatic carbocycles. The van der Waals surface area contributed by atoms with Crippen molar-refractivity contribution in [1.29, 1.82) is 0 Å². The molecule has 1 aliphatic rings. The van der Waals surface area contributed by atoms with Gasteiger partial charge in [0.2, 0.25) is 11.0 Å². The van der Waals surface area contributed by atoms with Crippen LogP contribution in [0.15, 0.2) is 48.5 Å². The van der Waals surface area contributed by atoms with Gasteiger partial charge in [0.15, 0.2) is 0 Å². The van der Waals surface area contributed by atoms with E-state index in [2.05, 4.69) is 14.3 Å². The summed E-state index contributed by atoms with van der Waals surface area (Å²) < 4.78 is 17.5. The van der Waals surface area contributed by atoms with Gasteiger partial charge in [-0.25, -0.2) is 9.37 Å². The molecule has 2 heterocycles. The summed E-state index contributed by atoms with van der Waals surface area (Å²) >= 11 is 7.32. The highest BCUT2D eigenvalue weighted by Gasteiger charge is 2.23. The molecule has 1 amide bonds. The van der Waals surface area contributed by atoms with Crippen LogP contribution < -0.4 is 4.90 Å². The molecule has 0 radical (unpaired) electrons. The summed E-state index contributed by atoms with van der Waals surface area (Å²) in [5.41, 5.74) is 1.95. The molecule has 0 N–H and O–H groups in total. The molecule has 0 spiro atoms. The molecule has 3 aromatic rings. The van der Waals surface area contributed by atoms with Crippen molar-refractivity contribution in [3.63, 3.8) is 0 Å². The molecular formula is C21H20ClFN4OS. The first-order valence-electron chi connectivity index (χ1n) is 9.41. The summed E-state index contributed by atoms with van der Waals surface area (Å²) in [5.74, 6) is 0.571. The molecule has 0 bridgehead atoms. The molecule has 1 aromatic heterocycles. The van der Waals surface area contributed by atoms with Crippen LogP contribution in [0.4, 0.5) is 9.52 Å². The van der Waals surface area contributed by atoms with E-state index in [1.807, 2.05) is 29.2 Å². The summed E-state index contributed by atoms with van der Waals surface area (Å²) in [5, 5.41) is 1.60. The highest BCUT2D eigenvalue weighted by Crippen LogP contribution is 2.21. The summed E-state index contributed by atoms with van der Waals surface area (Å²) in [6, 6.07) is 13.8. The Morgan fingerprint density at radius 2 is 1.66 bits per heavy atom. The first-order valence-corrected chi connectivity index (χ1v) is 10.6. The molecule has 8 heteroatoms. The predicted octanol–water partition coefficient (Wildman–Crippen LogP) is 3.81. The van der Waals surface area contributed by atoms with E-state index in [0.717, 1.165) is 35.2 Å². The Morgan fingerprint density at radius 3 is 2.34 bits per heavy atom. The van der Waals surface area contributed by atoms with Gasteiger partial charge in [0.05, 0.1) is 6.42 Å². The molecule has 29 heavy (non-hydrogen) atoms. The Balaban J connectivity index is 1.30. The minimum absolute atomic E-state index is 0.0666. The van der Waals surface area contributed by atoms with Crippen molar-refractivity contribution in [2.75, 3.05) is 31.1 Å². The summed E-state index contributed by atoms with van der Waals surface area (Å²) in [6.45, 7) is 2.74. The van der Waals surface area contributed by atoms with Crippen LogP contribution in [0.25, 0.3) is 0 Å². The van der Waals surface area contributed by atoms with Crippen LogP contribution in [-0.2, 0) is 17.6 Å². The topological polar surface area (TPSA) is 49.3 Å². The van der Waals surface area contributed by atoms with Crippen LogP contribution in [0, 0.1) is 5.82 Å². The summed E-state index contributed by atoms with van der Waals surface area (Å²) in [4.78, 5) is 21.2. The first kappa shape index (κ1) is 19.8. The van der Waals surface area contributed by atoms with Crippen molar-refractivity contribution < 1.29 is 9.18 Å². The molecule has 5 nitrogen and oxygen atoms in total. The number of piperazine rings is 1. The lowest BCUT2D eigenvalue weighted by Crippen LogP contribution is -2.49. The second kappa shape index (κ2) is 8.88. The highest BCUT2D eigenvalue weighted by atomic mass is 35.5. The van der Waals surface area contributed by atoms with Gasteiger partial charge in [-0.05, 0) is 35.4 Å².